The standard InChI is InChI=1S/C24H23N3O4S/c1-16-20-23(26-15-27(24(20)29)14-17-6-4-3-5-7-17)32-21(16)22(28)25-12-13-31-19-10-8-18(30-2)9-11-19/h3-11,15H,12-14H2,1-2H3,(H,25,28). The molecule has 0 aliphatic heterocycles. The number of methoxy groups -OCH3 is 1. The molecule has 2 aromatic carbocycles. The molecule has 2 aromatic heterocycles. The van der Waals surface area contributed by atoms with E-state index in [2.05, 4.69) is 10.3 Å². The Morgan fingerprint density at radius 1 is 1.09 bits per heavy atom. The first kappa shape index (κ1) is 21.6. The van der Waals surface area contributed by atoms with E-state index in [4.69, 9.17) is 9.47 Å². The fourth-order valence-corrected chi connectivity index (χ4v) is 4.41. The highest BCUT2D eigenvalue weighted by molar-refractivity contribution is 7.20. The van der Waals surface area contributed by atoms with E-state index in [9.17, 15) is 9.59 Å². The van der Waals surface area contributed by atoms with Gasteiger partial charge in [0.05, 0.1) is 36.8 Å². The maximum atomic E-state index is 13.0. The summed E-state index contributed by atoms with van der Waals surface area (Å²) < 4.78 is 12.3. The third kappa shape index (κ3) is 4.65. The molecule has 7 nitrogen and oxygen atoms in total. The highest BCUT2D eigenvalue weighted by Crippen LogP contribution is 2.26. The molecule has 0 aliphatic rings. The SMILES string of the molecule is COc1ccc(OCCNC(=O)c2sc3ncn(Cc4ccccc4)c(=O)c3c2C)cc1. The van der Waals surface area contributed by atoms with E-state index < -0.39 is 0 Å². The molecule has 4 aromatic rings. The van der Waals surface area contributed by atoms with Gasteiger partial charge < -0.3 is 14.8 Å². The van der Waals surface area contributed by atoms with Crippen molar-refractivity contribution in [3.63, 3.8) is 0 Å². The second-order valence-electron chi connectivity index (χ2n) is 7.18. The molecule has 0 bridgehead atoms. The quantitative estimate of drug-likeness (QED) is 0.416. The van der Waals surface area contributed by atoms with Crippen LogP contribution in [0.2, 0.25) is 0 Å². The molecule has 4 rings (SSSR count). The fourth-order valence-electron chi connectivity index (χ4n) is 3.35. The van der Waals surface area contributed by atoms with Crippen LogP contribution in [0.4, 0.5) is 0 Å². The third-order valence-corrected chi connectivity index (χ3v) is 6.23. The van der Waals surface area contributed by atoms with Crippen molar-refractivity contribution in [2.45, 2.75) is 13.5 Å². The maximum Gasteiger partial charge on any atom is 0.262 e. The van der Waals surface area contributed by atoms with Crippen molar-refractivity contribution < 1.29 is 14.3 Å². The molecule has 164 valence electrons. The van der Waals surface area contributed by atoms with Crippen LogP contribution in [0.1, 0.15) is 20.8 Å². The van der Waals surface area contributed by atoms with Crippen molar-refractivity contribution in [2.75, 3.05) is 20.3 Å². The van der Waals surface area contributed by atoms with E-state index >= 15 is 0 Å². The molecule has 8 heteroatoms. The van der Waals surface area contributed by atoms with Gasteiger partial charge in [0.1, 0.15) is 22.9 Å². The number of carbonyl (C=O) groups excluding carboxylic acids is 1. The minimum Gasteiger partial charge on any atom is -0.497 e. The molecule has 1 amide bonds. The van der Waals surface area contributed by atoms with Gasteiger partial charge in [0.2, 0.25) is 0 Å². The lowest BCUT2D eigenvalue weighted by Gasteiger charge is -2.08. The van der Waals surface area contributed by atoms with Gasteiger partial charge >= 0.3 is 0 Å². The van der Waals surface area contributed by atoms with E-state index in [-0.39, 0.29) is 11.5 Å². The maximum absolute atomic E-state index is 13.0. The van der Waals surface area contributed by atoms with Crippen LogP contribution in [-0.2, 0) is 6.54 Å². The number of benzene rings is 2. The van der Waals surface area contributed by atoms with Crippen LogP contribution in [-0.4, -0.2) is 35.7 Å². The number of carbonyl (C=O) groups is 1. The van der Waals surface area contributed by atoms with Crippen molar-refractivity contribution in [3.8, 4) is 11.5 Å². The van der Waals surface area contributed by atoms with Crippen molar-refractivity contribution >= 4 is 27.5 Å². The van der Waals surface area contributed by atoms with Crippen LogP contribution in [0.15, 0.2) is 65.7 Å². The smallest absolute Gasteiger partial charge is 0.262 e. The number of thiophene rings is 1. The van der Waals surface area contributed by atoms with Crippen molar-refractivity contribution in [2.24, 2.45) is 0 Å². The Morgan fingerprint density at radius 2 is 1.81 bits per heavy atom. The predicted molar refractivity (Wildman–Crippen MR) is 125 cm³/mol. The van der Waals surface area contributed by atoms with E-state index in [1.807, 2.05) is 54.6 Å². The Hall–Kier alpha value is -3.65. The van der Waals surface area contributed by atoms with E-state index in [0.717, 1.165) is 11.3 Å². The number of aryl methyl sites for hydroxylation is 1. The minimum absolute atomic E-state index is 0.144. The van der Waals surface area contributed by atoms with Gasteiger partial charge in [0, 0.05) is 0 Å². The van der Waals surface area contributed by atoms with E-state index in [1.165, 1.54) is 17.7 Å². The second kappa shape index (κ2) is 9.65. The number of nitrogens with one attached hydrogen (secondary N) is 1. The first-order valence-electron chi connectivity index (χ1n) is 10.1. The molecule has 1 N–H and O–H groups in total. The Kier molecular flexibility index (Phi) is 6.51. The molecule has 0 spiro atoms. The Morgan fingerprint density at radius 3 is 2.53 bits per heavy atom. The lowest BCUT2D eigenvalue weighted by Crippen LogP contribution is -2.28. The van der Waals surface area contributed by atoms with Crippen molar-refractivity contribution in [1.82, 2.24) is 14.9 Å². The van der Waals surface area contributed by atoms with Gasteiger partial charge in [0.25, 0.3) is 11.5 Å². The number of aromatic nitrogens is 2. The molecule has 0 saturated heterocycles. The number of rotatable bonds is 8. The van der Waals surface area contributed by atoms with E-state index in [0.29, 0.717) is 46.1 Å². The van der Waals surface area contributed by atoms with Gasteiger partial charge in [-0.1, -0.05) is 30.3 Å². The largest absolute Gasteiger partial charge is 0.497 e. The van der Waals surface area contributed by atoms with Gasteiger partial charge in [-0.2, -0.15) is 0 Å². The van der Waals surface area contributed by atoms with Gasteiger partial charge in [-0.15, -0.1) is 11.3 Å². The summed E-state index contributed by atoms with van der Waals surface area (Å²) in [7, 11) is 1.61. The molecular weight excluding hydrogens is 426 g/mol. The summed E-state index contributed by atoms with van der Waals surface area (Å²) in [4.78, 5) is 31.2. The second-order valence-corrected chi connectivity index (χ2v) is 8.18. The summed E-state index contributed by atoms with van der Waals surface area (Å²) in [5.74, 6) is 1.21. The molecule has 0 atom stereocenters. The van der Waals surface area contributed by atoms with Gasteiger partial charge in [-0.05, 0) is 42.3 Å². The third-order valence-electron chi connectivity index (χ3n) is 5.04. The number of ether oxygens (including phenoxy) is 2. The highest BCUT2D eigenvalue weighted by Gasteiger charge is 2.19. The van der Waals surface area contributed by atoms with Gasteiger partial charge in [-0.25, -0.2) is 4.98 Å². The number of nitrogens with zero attached hydrogens (tertiary/aromatic N) is 2. The van der Waals surface area contributed by atoms with Crippen LogP contribution in [0, 0.1) is 6.92 Å². The summed E-state index contributed by atoms with van der Waals surface area (Å²) in [6.45, 7) is 2.88. The monoisotopic (exact) mass is 449 g/mol. The number of amides is 1. The highest BCUT2D eigenvalue weighted by atomic mass is 32.1. The summed E-state index contributed by atoms with van der Waals surface area (Å²) in [6, 6.07) is 17.0. The average molecular weight is 450 g/mol. The summed E-state index contributed by atoms with van der Waals surface area (Å²) >= 11 is 1.23. The molecular formula is C24H23N3O4S. The Bertz CT molecular complexity index is 1280. The van der Waals surface area contributed by atoms with E-state index in [1.54, 1.807) is 18.6 Å². The van der Waals surface area contributed by atoms with Gasteiger partial charge in [-0.3, -0.25) is 14.2 Å². The Labute approximate surface area is 189 Å². The molecule has 0 fully saturated rings. The summed E-state index contributed by atoms with van der Waals surface area (Å²) in [5, 5.41) is 3.35. The average Bonchev–Trinajstić information content (AvgIpc) is 3.16. The number of hydrogen-bond acceptors (Lipinski definition) is 6. The summed E-state index contributed by atoms with van der Waals surface area (Å²) in [6.07, 6.45) is 1.54. The first-order valence-corrected chi connectivity index (χ1v) is 11.0. The first-order chi connectivity index (χ1) is 15.6. The molecule has 0 saturated carbocycles. The minimum atomic E-state index is -0.238. The van der Waals surface area contributed by atoms with Crippen LogP contribution in [0.25, 0.3) is 10.2 Å². The molecule has 0 radical (unpaired) electrons. The molecule has 0 aliphatic carbocycles. The fraction of sp³-hybridized carbons (Fsp3) is 0.208. The van der Waals surface area contributed by atoms with Crippen molar-refractivity contribution in [1.29, 1.82) is 0 Å². The van der Waals surface area contributed by atoms with Crippen LogP contribution >= 0.6 is 11.3 Å². The zero-order chi connectivity index (χ0) is 22.5. The van der Waals surface area contributed by atoms with Crippen molar-refractivity contribution in [3.05, 3.63) is 87.3 Å². The molecule has 2 heterocycles. The van der Waals surface area contributed by atoms with Gasteiger partial charge in [0.15, 0.2) is 0 Å². The normalized spacial score (nSPS) is 10.8. The van der Waals surface area contributed by atoms with Crippen LogP contribution < -0.4 is 20.3 Å². The number of hydrogen-bond donors (Lipinski definition) is 1. The number of fused-ring (bicyclic) bond motifs is 1. The zero-order valence-electron chi connectivity index (χ0n) is 17.8. The lowest BCUT2D eigenvalue weighted by molar-refractivity contribution is 0.0950. The lowest BCUT2D eigenvalue weighted by atomic mass is 10.2. The summed E-state index contributed by atoms with van der Waals surface area (Å²) in [5.41, 5.74) is 1.52. The molecule has 32 heavy (non-hydrogen) atoms. The topological polar surface area (TPSA) is 82.4 Å². The Balaban J connectivity index is 1.43. The van der Waals surface area contributed by atoms with Crippen LogP contribution in [0.5, 0.6) is 11.5 Å². The predicted octanol–water partition coefficient (Wildman–Crippen LogP) is 3.63. The molecule has 0 unspecified atom stereocenters. The van der Waals surface area contributed by atoms with Crippen LogP contribution in [0.3, 0.4) is 0 Å². The zero-order valence-corrected chi connectivity index (χ0v) is 18.6.